The molecule has 2 aliphatic rings. The number of rotatable bonds is 7. The molecule has 0 bridgehead atoms. The smallest absolute Gasteiger partial charge is 0.307 e. The highest BCUT2D eigenvalue weighted by Crippen LogP contribution is 2.29. The van der Waals surface area contributed by atoms with Crippen LogP contribution in [0.25, 0.3) is 0 Å². The molecule has 3 rings (SSSR count). The molecule has 1 saturated carbocycles. The van der Waals surface area contributed by atoms with Crippen molar-refractivity contribution in [3.63, 3.8) is 0 Å². The summed E-state index contributed by atoms with van der Waals surface area (Å²) in [5.74, 6) is 0.806. The van der Waals surface area contributed by atoms with Crippen molar-refractivity contribution in [3.8, 4) is 0 Å². The molecule has 1 saturated heterocycles. The van der Waals surface area contributed by atoms with Crippen LogP contribution < -0.4 is 0 Å². The van der Waals surface area contributed by atoms with E-state index in [9.17, 15) is 4.79 Å². The van der Waals surface area contributed by atoms with Gasteiger partial charge in [-0.2, -0.15) is 0 Å². The quantitative estimate of drug-likeness (QED) is 0.399. The third-order valence-electron chi connectivity index (χ3n) is 6.62. The van der Waals surface area contributed by atoms with Crippen molar-refractivity contribution in [2.45, 2.75) is 63.8 Å². The molecule has 0 radical (unpaired) electrons. The van der Waals surface area contributed by atoms with Crippen molar-refractivity contribution in [1.82, 2.24) is 9.80 Å². The van der Waals surface area contributed by atoms with Crippen LogP contribution in [-0.2, 0) is 11.2 Å². The van der Waals surface area contributed by atoms with Crippen LogP contribution in [0.1, 0.15) is 62.5 Å². The lowest BCUT2D eigenvalue weighted by atomic mass is 9.88. The molecule has 1 aliphatic heterocycles. The Morgan fingerprint density at radius 3 is 2.43 bits per heavy atom. The van der Waals surface area contributed by atoms with E-state index >= 15 is 0 Å². The first-order valence-electron chi connectivity index (χ1n) is 11.1. The summed E-state index contributed by atoms with van der Waals surface area (Å²) in [6.07, 6.45) is 11.4. The van der Waals surface area contributed by atoms with Gasteiger partial charge in [0.2, 0.25) is 0 Å². The number of carboxylic acids is 1. The molecule has 1 aliphatic carbocycles. The number of hydrogen-bond donors (Lipinski definition) is 1. The second kappa shape index (κ2) is 10.5. The van der Waals surface area contributed by atoms with Gasteiger partial charge in [0.05, 0.1) is 6.42 Å². The van der Waals surface area contributed by atoms with Gasteiger partial charge in [-0.1, -0.05) is 43.7 Å². The van der Waals surface area contributed by atoms with Crippen LogP contribution in [0, 0.1) is 0 Å². The maximum absolute atomic E-state index is 10.8. The average Bonchev–Trinajstić information content (AvgIpc) is 3.28. The molecule has 1 aromatic rings. The van der Waals surface area contributed by atoms with E-state index < -0.39 is 5.97 Å². The number of nitrogens with zero attached hydrogens (tertiary/aromatic N) is 3. The molecular formula is C25H35N3O2. The van der Waals surface area contributed by atoms with Gasteiger partial charge >= 0.3 is 5.97 Å². The van der Waals surface area contributed by atoms with Gasteiger partial charge in [0, 0.05) is 38.1 Å². The summed E-state index contributed by atoms with van der Waals surface area (Å²) in [7, 11) is 2.15. The Morgan fingerprint density at radius 1 is 1.20 bits per heavy atom. The molecule has 5 heteroatoms. The number of benzene rings is 1. The van der Waals surface area contributed by atoms with E-state index in [1.165, 1.54) is 31.2 Å². The summed E-state index contributed by atoms with van der Waals surface area (Å²) in [4.78, 5) is 20.1. The lowest BCUT2D eigenvalue weighted by Crippen LogP contribution is -2.33. The zero-order valence-corrected chi connectivity index (χ0v) is 18.4. The fourth-order valence-corrected chi connectivity index (χ4v) is 4.57. The van der Waals surface area contributed by atoms with E-state index in [0.717, 1.165) is 43.0 Å². The number of aliphatic imine (C=N–C) groups is 1. The van der Waals surface area contributed by atoms with Crippen molar-refractivity contribution >= 4 is 11.8 Å². The van der Waals surface area contributed by atoms with E-state index in [1.807, 2.05) is 24.4 Å². The number of aliphatic carboxylic acids is 1. The second-order valence-corrected chi connectivity index (χ2v) is 8.61. The molecule has 0 aromatic heterocycles. The molecular weight excluding hydrogens is 374 g/mol. The van der Waals surface area contributed by atoms with Crippen LogP contribution in [0.5, 0.6) is 0 Å². The Morgan fingerprint density at radius 2 is 1.83 bits per heavy atom. The van der Waals surface area contributed by atoms with E-state index in [0.29, 0.717) is 12.0 Å². The van der Waals surface area contributed by atoms with Crippen LogP contribution >= 0.6 is 0 Å². The third kappa shape index (κ3) is 5.97. The third-order valence-corrected chi connectivity index (χ3v) is 6.62. The van der Waals surface area contributed by atoms with E-state index in [1.54, 1.807) is 0 Å². The highest BCUT2D eigenvalue weighted by atomic mass is 16.4. The van der Waals surface area contributed by atoms with Gasteiger partial charge in [-0.25, -0.2) is 4.99 Å². The van der Waals surface area contributed by atoms with Crippen LogP contribution in [0.3, 0.4) is 0 Å². The predicted molar refractivity (Wildman–Crippen MR) is 123 cm³/mol. The molecule has 0 amide bonds. The minimum atomic E-state index is -0.785. The van der Waals surface area contributed by atoms with Gasteiger partial charge in [-0.3, -0.25) is 4.79 Å². The number of carbonyl (C=O) groups is 1. The molecule has 1 aromatic carbocycles. The Kier molecular flexibility index (Phi) is 7.72. The van der Waals surface area contributed by atoms with E-state index in [2.05, 4.69) is 47.5 Å². The largest absolute Gasteiger partial charge is 0.481 e. The number of piperidine rings is 1. The lowest BCUT2D eigenvalue weighted by Gasteiger charge is -2.34. The van der Waals surface area contributed by atoms with Crippen LogP contribution in [0.15, 0.2) is 53.8 Å². The summed E-state index contributed by atoms with van der Waals surface area (Å²) >= 11 is 0. The van der Waals surface area contributed by atoms with Crippen molar-refractivity contribution in [3.05, 3.63) is 59.9 Å². The van der Waals surface area contributed by atoms with Crippen LogP contribution in [0.4, 0.5) is 0 Å². The summed E-state index contributed by atoms with van der Waals surface area (Å²) in [6.45, 7) is 8.28. The summed E-state index contributed by atoms with van der Waals surface area (Å²) in [5, 5.41) is 8.90. The maximum Gasteiger partial charge on any atom is 0.307 e. The van der Waals surface area contributed by atoms with Gasteiger partial charge in [0.1, 0.15) is 5.84 Å². The minimum absolute atomic E-state index is 0.0866. The van der Waals surface area contributed by atoms with Crippen molar-refractivity contribution in [2.75, 3.05) is 20.1 Å². The molecule has 162 valence electrons. The number of allylic oxidation sites excluding steroid dienone is 1. The van der Waals surface area contributed by atoms with Crippen molar-refractivity contribution in [2.24, 2.45) is 4.99 Å². The predicted octanol–water partition coefficient (Wildman–Crippen LogP) is 4.81. The molecule has 0 atom stereocenters. The maximum atomic E-state index is 10.8. The van der Waals surface area contributed by atoms with E-state index in [-0.39, 0.29) is 6.42 Å². The second-order valence-electron chi connectivity index (χ2n) is 8.61. The highest BCUT2D eigenvalue weighted by Gasteiger charge is 2.21. The fourth-order valence-electron chi connectivity index (χ4n) is 4.57. The zero-order valence-electron chi connectivity index (χ0n) is 18.4. The molecule has 1 heterocycles. The number of likely N-dealkylation sites (tertiary alicyclic amines) is 1. The SMILES string of the molecule is C=C(/C=C\N=C(C)N(C)C1CCCC1)N1CCC(c2ccc(CC(=O)O)cc2)CC1. The molecule has 0 spiro atoms. The first-order chi connectivity index (χ1) is 14.4. The standard InChI is InChI=1S/C25H35N3O2/c1-19(12-15-26-20(2)27(3)24-6-4-5-7-24)28-16-13-23(14-17-28)22-10-8-21(9-11-22)18-25(29)30/h8-12,15,23-24H,1,4-7,13-14,16-18H2,2-3H3,(H,29,30)/b15-12-,26-20?. The summed E-state index contributed by atoms with van der Waals surface area (Å²) in [5.41, 5.74) is 3.18. The first kappa shape index (κ1) is 22.1. The molecule has 5 nitrogen and oxygen atoms in total. The minimum Gasteiger partial charge on any atom is -0.481 e. The zero-order chi connectivity index (χ0) is 21.5. The highest BCUT2D eigenvalue weighted by molar-refractivity contribution is 5.80. The Hall–Kier alpha value is -2.56. The number of amidine groups is 1. The molecule has 2 fully saturated rings. The first-order valence-corrected chi connectivity index (χ1v) is 11.1. The molecule has 1 N–H and O–H groups in total. The van der Waals surface area contributed by atoms with Gasteiger partial charge < -0.3 is 14.9 Å². The van der Waals surface area contributed by atoms with Crippen molar-refractivity contribution in [1.29, 1.82) is 0 Å². The Labute approximate surface area is 180 Å². The average molecular weight is 410 g/mol. The van der Waals surface area contributed by atoms with Gasteiger partial charge in [0.15, 0.2) is 0 Å². The van der Waals surface area contributed by atoms with Crippen LogP contribution in [0.2, 0.25) is 0 Å². The molecule has 30 heavy (non-hydrogen) atoms. The lowest BCUT2D eigenvalue weighted by molar-refractivity contribution is -0.136. The fraction of sp³-hybridized carbons (Fsp3) is 0.520. The van der Waals surface area contributed by atoms with E-state index in [4.69, 9.17) is 5.11 Å². The number of hydrogen-bond acceptors (Lipinski definition) is 3. The Balaban J connectivity index is 1.47. The topological polar surface area (TPSA) is 56.1 Å². The van der Waals surface area contributed by atoms with Gasteiger partial charge in [-0.15, -0.1) is 0 Å². The Bertz CT molecular complexity index is 783. The van der Waals surface area contributed by atoms with Crippen molar-refractivity contribution < 1.29 is 9.90 Å². The van der Waals surface area contributed by atoms with Gasteiger partial charge in [0.25, 0.3) is 0 Å². The summed E-state index contributed by atoms with van der Waals surface area (Å²) < 4.78 is 0. The van der Waals surface area contributed by atoms with Crippen LogP contribution in [-0.4, -0.2) is 52.9 Å². The normalized spacial score (nSPS) is 18.9. The molecule has 0 unspecified atom stereocenters. The van der Waals surface area contributed by atoms with Gasteiger partial charge in [-0.05, 0) is 55.7 Å². The number of carboxylic acid groups (broad SMARTS) is 1. The monoisotopic (exact) mass is 409 g/mol. The summed E-state index contributed by atoms with van der Waals surface area (Å²) in [6, 6.07) is 8.71.